The Morgan fingerprint density at radius 3 is 2.86 bits per heavy atom. The van der Waals surface area contributed by atoms with Gasteiger partial charge in [0.1, 0.15) is 0 Å². The number of hydrogen-bond donors (Lipinski definition) is 0. The van der Waals surface area contributed by atoms with E-state index >= 15 is 0 Å². The molecule has 21 heavy (non-hydrogen) atoms. The minimum absolute atomic E-state index is 0.391. The van der Waals surface area contributed by atoms with E-state index in [2.05, 4.69) is 26.0 Å². The van der Waals surface area contributed by atoms with Gasteiger partial charge in [0.15, 0.2) is 5.82 Å². The number of rotatable bonds is 2. The zero-order chi connectivity index (χ0) is 15.0. The molecule has 5 nitrogen and oxygen atoms in total. The van der Waals surface area contributed by atoms with Crippen LogP contribution in [0.2, 0.25) is 0 Å². The summed E-state index contributed by atoms with van der Waals surface area (Å²) in [6.07, 6.45) is 1.65. The predicted octanol–water partition coefficient (Wildman–Crippen LogP) is 3.28. The van der Waals surface area contributed by atoms with Gasteiger partial charge < -0.3 is 4.74 Å². The summed E-state index contributed by atoms with van der Waals surface area (Å²) in [4.78, 5) is 16.3. The summed E-state index contributed by atoms with van der Waals surface area (Å²) in [7, 11) is 1.36. The standard InChI is InChI=1S/C15H12BrN3O2/c1-9-4-3-5-14(18-9)19-13-7-10(16)6-11(15(20)21-2)12(13)8-17-19/h3-8H,1-2H3. The highest BCUT2D eigenvalue weighted by molar-refractivity contribution is 9.10. The fourth-order valence-corrected chi connectivity index (χ4v) is 2.65. The summed E-state index contributed by atoms with van der Waals surface area (Å²) >= 11 is 3.42. The highest BCUT2D eigenvalue weighted by Crippen LogP contribution is 2.26. The first-order valence-corrected chi connectivity index (χ1v) is 7.09. The van der Waals surface area contributed by atoms with Crippen LogP contribution in [0.3, 0.4) is 0 Å². The molecule has 1 aromatic carbocycles. The largest absolute Gasteiger partial charge is 0.465 e. The maximum absolute atomic E-state index is 11.9. The number of ether oxygens (including phenoxy) is 1. The molecule has 0 fully saturated rings. The Labute approximate surface area is 129 Å². The number of methoxy groups -OCH3 is 1. The number of aryl methyl sites for hydroxylation is 1. The molecule has 2 aromatic heterocycles. The van der Waals surface area contributed by atoms with Gasteiger partial charge >= 0.3 is 5.97 Å². The van der Waals surface area contributed by atoms with E-state index in [1.54, 1.807) is 16.9 Å². The highest BCUT2D eigenvalue weighted by Gasteiger charge is 2.16. The normalized spacial score (nSPS) is 10.8. The summed E-state index contributed by atoms with van der Waals surface area (Å²) in [6.45, 7) is 1.92. The summed E-state index contributed by atoms with van der Waals surface area (Å²) in [5, 5.41) is 5.08. The van der Waals surface area contributed by atoms with Crippen LogP contribution in [0.4, 0.5) is 0 Å². The molecule has 106 valence electrons. The minimum Gasteiger partial charge on any atom is -0.465 e. The molecule has 0 bridgehead atoms. The van der Waals surface area contributed by atoms with Crippen LogP contribution in [0.1, 0.15) is 16.1 Å². The number of fused-ring (bicyclic) bond motifs is 1. The molecule has 6 heteroatoms. The first-order chi connectivity index (χ1) is 10.1. The lowest BCUT2D eigenvalue weighted by atomic mass is 10.1. The average molecular weight is 346 g/mol. The lowest BCUT2D eigenvalue weighted by molar-refractivity contribution is 0.0603. The first-order valence-electron chi connectivity index (χ1n) is 6.30. The van der Waals surface area contributed by atoms with E-state index in [9.17, 15) is 4.79 Å². The Bertz CT molecular complexity index is 842. The summed E-state index contributed by atoms with van der Waals surface area (Å²) in [6, 6.07) is 9.34. The molecule has 2 heterocycles. The van der Waals surface area contributed by atoms with Gasteiger partial charge in [-0.1, -0.05) is 22.0 Å². The van der Waals surface area contributed by atoms with Gasteiger partial charge in [0, 0.05) is 15.6 Å². The van der Waals surface area contributed by atoms with E-state index in [1.807, 2.05) is 31.2 Å². The first kappa shape index (κ1) is 13.8. The Kier molecular flexibility index (Phi) is 3.47. The quantitative estimate of drug-likeness (QED) is 0.669. The molecule has 0 aliphatic rings. The van der Waals surface area contributed by atoms with Crippen LogP contribution >= 0.6 is 15.9 Å². The highest BCUT2D eigenvalue weighted by atomic mass is 79.9. The average Bonchev–Trinajstić information content (AvgIpc) is 2.89. The molecule has 0 unspecified atom stereocenters. The third kappa shape index (κ3) is 2.42. The molecule has 0 atom stereocenters. The molecule has 3 rings (SSSR count). The maximum Gasteiger partial charge on any atom is 0.338 e. The van der Waals surface area contributed by atoms with Crippen LogP contribution in [0.5, 0.6) is 0 Å². The van der Waals surface area contributed by atoms with E-state index in [0.29, 0.717) is 11.4 Å². The van der Waals surface area contributed by atoms with Gasteiger partial charge in [0.25, 0.3) is 0 Å². The zero-order valence-electron chi connectivity index (χ0n) is 11.5. The van der Waals surface area contributed by atoms with Crippen LogP contribution in [0, 0.1) is 6.92 Å². The van der Waals surface area contributed by atoms with Crippen LogP contribution in [0.15, 0.2) is 41.0 Å². The third-order valence-corrected chi connectivity index (χ3v) is 3.61. The molecule has 0 radical (unpaired) electrons. The predicted molar refractivity (Wildman–Crippen MR) is 82.6 cm³/mol. The molecule has 0 saturated heterocycles. The van der Waals surface area contributed by atoms with Crippen molar-refractivity contribution >= 4 is 32.8 Å². The van der Waals surface area contributed by atoms with Crippen molar-refractivity contribution in [2.24, 2.45) is 0 Å². The van der Waals surface area contributed by atoms with Gasteiger partial charge in [-0.25, -0.2) is 14.5 Å². The fraction of sp³-hybridized carbons (Fsp3) is 0.133. The van der Waals surface area contributed by atoms with E-state index in [4.69, 9.17) is 4.74 Å². The summed E-state index contributed by atoms with van der Waals surface area (Å²) < 4.78 is 7.31. The van der Waals surface area contributed by atoms with Gasteiger partial charge in [-0.05, 0) is 31.2 Å². The van der Waals surface area contributed by atoms with Gasteiger partial charge in [-0.3, -0.25) is 0 Å². The summed E-state index contributed by atoms with van der Waals surface area (Å²) in [5.74, 6) is 0.317. The minimum atomic E-state index is -0.391. The third-order valence-electron chi connectivity index (χ3n) is 3.15. The van der Waals surface area contributed by atoms with Gasteiger partial charge in [0.2, 0.25) is 0 Å². The topological polar surface area (TPSA) is 57.0 Å². The number of esters is 1. The molecule has 0 amide bonds. The van der Waals surface area contributed by atoms with Crippen molar-refractivity contribution in [2.45, 2.75) is 6.92 Å². The van der Waals surface area contributed by atoms with Crippen LogP contribution in [-0.2, 0) is 4.74 Å². The number of carbonyl (C=O) groups is 1. The van der Waals surface area contributed by atoms with Crippen molar-refractivity contribution < 1.29 is 9.53 Å². The van der Waals surface area contributed by atoms with Crippen molar-refractivity contribution in [1.82, 2.24) is 14.8 Å². The molecule has 0 aliphatic heterocycles. The molecule has 0 aliphatic carbocycles. The second-order valence-corrected chi connectivity index (χ2v) is 5.49. The summed E-state index contributed by atoms with van der Waals surface area (Å²) in [5.41, 5.74) is 2.17. The van der Waals surface area contributed by atoms with Crippen LogP contribution < -0.4 is 0 Å². The molecule has 3 aromatic rings. The molecule has 0 saturated carbocycles. The van der Waals surface area contributed by atoms with Crippen LogP contribution in [-0.4, -0.2) is 27.8 Å². The number of hydrogen-bond acceptors (Lipinski definition) is 4. The molecule has 0 N–H and O–H groups in total. The van der Waals surface area contributed by atoms with Gasteiger partial charge in [-0.2, -0.15) is 5.10 Å². The Morgan fingerprint density at radius 2 is 2.14 bits per heavy atom. The number of carbonyl (C=O) groups excluding carboxylic acids is 1. The Balaban J connectivity index is 2.27. The number of pyridine rings is 1. The number of nitrogens with zero attached hydrogens (tertiary/aromatic N) is 3. The molecular formula is C15H12BrN3O2. The molecular weight excluding hydrogens is 334 g/mol. The second kappa shape index (κ2) is 5.29. The lowest BCUT2D eigenvalue weighted by Crippen LogP contribution is -2.03. The second-order valence-electron chi connectivity index (χ2n) is 4.57. The van der Waals surface area contributed by atoms with E-state index in [0.717, 1.165) is 21.1 Å². The Hall–Kier alpha value is -2.21. The SMILES string of the molecule is COC(=O)c1cc(Br)cc2c1cnn2-c1cccc(C)n1. The lowest BCUT2D eigenvalue weighted by Gasteiger charge is -2.06. The van der Waals surface area contributed by atoms with Crippen molar-refractivity contribution in [3.05, 3.63) is 52.3 Å². The van der Waals surface area contributed by atoms with Crippen molar-refractivity contribution in [3.8, 4) is 5.82 Å². The van der Waals surface area contributed by atoms with Crippen molar-refractivity contribution in [3.63, 3.8) is 0 Å². The van der Waals surface area contributed by atoms with E-state index in [1.165, 1.54) is 7.11 Å². The zero-order valence-corrected chi connectivity index (χ0v) is 13.1. The maximum atomic E-state index is 11.9. The van der Waals surface area contributed by atoms with Gasteiger partial charge in [0.05, 0.1) is 24.4 Å². The van der Waals surface area contributed by atoms with E-state index < -0.39 is 5.97 Å². The number of halogens is 1. The molecule has 0 spiro atoms. The smallest absolute Gasteiger partial charge is 0.338 e. The van der Waals surface area contributed by atoms with Crippen molar-refractivity contribution in [2.75, 3.05) is 7.11 Å². The fourth-order valence-electron chi connectivity index (χ4n) is 2.20. The van der Waals surface area contributed by atoms with Crippen molar-refractivity contribution in [1.29, 1.82) is 0 Å². The van der Waals surface area contributed by atoms with Crippen LogP contribution in [0.25, 0.3) is 16.7 Å². The van der Waals surface area contributed by atoms with E-state index in [-0.39, 0.29) is 0 Å². The number of benzene rings is 1. The number of aromatic nitrogens is 3. The Morgan fingerprint density at radius 1 is 1.33 bits per heavy atom. The van der Waals surface area contributed by atoms with Gasteiger partial charge in [-0.15, -0.1) is 0 Å². The monoisotopic (exact) mass is 345 g/mol.